The van der Waals surface area contributed by atoms with E-state index in [0.29, 0.717) is 36.4 Å². The van der Waals surface area contributed by atoms with Crippen LogP contribution < -0.4 is 50.7 Å². The molecule has 1 saturated carbocycles. The molecule has 1 aromatic carbocycles. The molecule has 138 valence electrons. The van der Waals surface area contributed by atoms with Crippen LogP contribution in [-0.4, -0.2) is 30.2 Å². The van der Waals surface area contributed by atoms with Gasteiger partial charge in [0.15, 0.2) is 5.43 Å². The summed E-state index contributed by atoms with van der Waals surface area (Å²) in [7, 11) is 0. The van der Waals surface area contributed by atoms with E-state index in [1.807, 2.05) is 9.47 Å². The van der Waals surface area contributed by atoms with Crippen molar-refractivity contribution in [1.29, 1.82) is 0 Å². The van der Waals surface area contributed by atoms with Crippen LogP contribution in [-0.2, 0) is 0 Å². The molecule has 1 aliphatic carbocycles. The van der Waals surface area contributed by atoms with Gasteiger partial charge in [-0.05, 0) is 31.4 Å². The van der Waals surface area contributed by atoms with Gasteiger partial charge in [-0.1, -0.05) is 6.92 Å². The Kier molecular flexibility index (Phi) is 5.18. The smallest absolute Gasteiger partial charge is 0.545 e. The molecule has 2 N–H and O–H groups in total. The van der Waals surface area contributed by atoms with Gasteiger partial charge < -0.3 is 25.1 Å². The fourth-order valence-corrected chi connectivity index (χ4v) is 4.01. The van der Waals surface area contributed by atoms with Crippen LogP contribution in [0.3, 0.4) is 0 Å². The molecule has 0 radical (unpaired) electrons. The van der Waals surface area contributed by atoms with Gasteiger partial charge in [0.2, 0.25) is 0 Å². The predicted octanol–water partition coefficient (Wildman–Crippen LogP) is -2.06. The molecule has 2 fully saturated rings. The van der Waals surface area contributed by atoms with Crippen LogP contribution in [0.5, 0.6) is 0 Å². The summed E-state index contributed by atoms with van der Waals surface area (Å²) in [5.41, 5.74) is 6.37. The number of carbonyl (C=O) groups excluding carboxylic acids is 1. The predicted molar refractivity (Wildman–Crippen MR) is 94.9 cm³/mol. The third-order valence-electron chi connectivity index (χ3n) is 5.59. The van der Waals surface area contributed by atoms with Gasteiger partial charge in [-0.2, -0.15) is 0 Å². The van der Waals surface area contributed by atoms with Gasteiger partial charge >= 0.3 is 29.6 Å². The molecule has 0 bridgehead atoms. The van der Waals surface area contributed by atoms with Crippen molar-refractivity contribution >= 4 is 22.6 Å². The van der Waals surface area contributed by atoms with E-state index in [2.05, 4.69) is 6.92 Å². The minimum atomic E-state index is -1.53. The van der Waals surface area contributed by atoms with Crippen molar-refractivity contribution in [2.24, 2.45) is 11.1 Å². The fourth-order valence-electron chi connectivity index (χ4n) is 4.01. The van der Waals surface area contributed by atoms with E-state index in [9.17, 15) is 19.1 Å². The molecular formula is C19H21FN3NaO3. The van der Waals surface area contributed by atoms with E-state index in [4.69, 9.17) is 5.73 Å². The topological polar surface area (TPSA) is 91.4 Å². The summed E-state index contributed by atoms with van der Waals surface area (Å²) >= 11 is 0. The Labute approximate surface area is 178 Å². The summed E-state index contributed by atoms with van der Waals surface area (Å²) in [5, 5.41) is 11.4. The number of carboxylic acids is 1. The van der Waals surface area contributed by atoms with Crippen molar-refractivity contribution in [3.05, 3.63) is 39.4 Å². The molecule has 2 aromatic rings. The normalized spacial score (nSPS) is 18.1. The first-order chi connectivity index (χ1) is 12.3. The maximum absolute atomic E-state index is 14.9. The van der Waals surface area contributed by atoms with Crippen molar-refractivity contribution in [1.82, 2.24) is 4.57 Å². The van der Waals surface area contributed by atoms with E-state index in [1.165, 1.54) is 12.3 Å². The number of benzene rings is 1. The summed E-state index contributed by atoms with van der Waals surface area (Å²) in [4.78, 5) is 25.8. The molecule has 0 atom stereocenters. The summed E-state index contributed by atoms with van der Waals surface area (Å²) in [6.45, 7) is 5.68. The standard InChI is InChI=1S/C19H22FN3O3.Na/c1-10-15-12(5-14(20)16(10)22-8-19(2,7-21)9-22)17(24)13(18(25)26)6-23(15)11-3-4-11;/h5-6,11H,3-4,7-9,21H2,1-2H3,(H,25,26);/q;+1/p-1. The number of aryl methyl sites for hydroxylation is 1. The minimum absolute atomic E-state index is 0. The number of carbonyl (C=O) groups is 1. The van der Waals surface area contributed by atoms with Gasteiger partial charge in [0.05, 0.1) is 22.7 Å². The number of carboxylic acid groups (broad SMARTS) is 1. The van der Waals surface area contributed by atoms with E-state index in [-0.39, 0.29) is 46.4 Å². The monoisotopic (exact) mass is 381 g/mol. The molecule has 4 rings (SSSR count). The number of nitrogens with zero attached hydrogens (tertiary/aromatic N) is 2. The average molecular weight is 381 g/mol. The zero-order valence-electron chi connectivity index (χ0n) is 15.8. The van der Waals surface area contributed by atoms with Crippen LogP contribution in [0.4, 0.5) is 10.1 Å². The Bertz CT molecular complexity index is 994. The Morgan fingerprint density at radius 1 is 1.41 bits per heavy atom. The van der Waals surface area contributed by atoms with Crippen molar-refractivity contribution in [2.45, 2.75) is 32.7 Å². The van der Waals surface area contributed by atoms with Crippen LogP contribution in [0.25, 0.3) is 10.9 Å². The largest absolute Gasteiger partial charge is 1.00 e. The molecule has 27 heavy (non-hydrogen) atoms. The number of nitrogens with two attached hydrogens (primary N) is 1. The number of anilines is 1. The van der Waals surface area contributed by atoms with Crippen molar-refractivity contribution in [3.63, 3.8) is 0 Å². The molecule has 1 aliphatic heterocycles. The van der Waals surface area contributed by atoms with Gasteiger partial charge in [-0.3, -0.25) is 4.79 Å². The van der Waals surface area contributed by atoms with Gasteiger partial charge in [0.1, 0.15) is 5.82 Å². The second-order valence-electron chi connectivity index (χ2n) is 7.90. The third kappa shape index (κ3) is 3.20. The maximum atomic E-state index is 14.9. The Balaban J connectivity index is 0.00000210. The fraction of sp³-hybridized carbons (Fsp3) is 0.474. The van der Waals surface area contributed by atoms with E-state index < -0.39 is 22.8 Å². The quantitative estimate of drug-likeness (QED) is 0.615. The van der Waals surface area contributed by atoms with Crippen LogP contribution in [0.15, 0.2) is 17.1 Å². The zero-order valence-corrected chi connectivity index (χ0v) is 17.8. The Morgan fingerprint density at radius 2 is 2.04 bits per heavy atom. The first-order valence-corrected chi connectivity index (χ1v) is 8.80. The number of rotatable bonds is 4. The van der Waals surface area contributed by atoms with Gasteiger partial charge in [0.25, 0.3) is 0 Å². The minimum Gasteiger partial charge on any atom is -0.545 e. The number of halogens is 1. The van der Waals surface area contributed by atoms with Crippen LogP contribution >= 0.6 is 0 Å². The molecule has 2 heterocycles. The summed E-state index contributed by atoms with van der Waals surface area (Å²) in [5.74, 6) is -2.04. The molecule has 1 saturated heterocycles. The Hall–Kier alpha value is -1.41. The first kappa shape index (κ1) is 20.3. The molecule has 0 spiro atoms. The van der Waals surface area contributed by atoms with Crippen LogP contribution in [0, 0.1) is 18.2 Å². The molecule has 8 heteroatoms. The number of aromatic nitrogens is 1. The van der Waals surface area contributed by atoms with Crippen molar-refractivity contribution in [2.75, 3.05) is 24.5 Å². The van der Waals surface area contributed by atoms with Gasteiger partial charge in [-0.25, -0.2) is 4.39 Å². The van der Waals surface area contributed by atoms with E-state index >= 15 is 0 Å². The maximum Gasteiger partial charge on any atom is 1.00 e. The number of hydrogen-bond acceptors (Lipinski definition) is 5. The van der Waals surface area contributed by atoms with Crippen molar-refractivity contribution < 1.29 is 43.8 Å². The molecule has 0 amide bonds. The summed E-state index contributed by atoms with van der Waals surface area (Å²) < 4.78 is 16.7. The van der Waals surface area contributed by atoms with Crippen molar-refractivity contribution in [3.8, 4) is 0 Å². The molecular weight excluding hydrogens is 360 g/mol. The average Bonchev–Trinajstić information content (AvgIpc) is 3.38. The molecule has 0 unspecified atom stereocenters. The number of pyridine rings is 1. The Morgan fingerprint density at radius 3 is 2.56 bits per heavy atom. The van der Waals surface area contributed by atoms with Gasteiger partial charge in [-0.15, -0.1) is 0 Å². The van der Waals surface area contributed by atoms with Crippen LogP contribution in [0.2, 0.25) is 0 Å². The molecule has 6 nitrogen and oxygen atoms in total. The van der Waals surface area contributed by atoms with E-state index in [1.54, 1.807) is 6.92 Å². The number of fused-ring (bicyclic) bond motifs is 1. The summed E-state index contributed by atoms with van der Waals surface area (Å²) in [6, 6.07) is 1.31. The number of hydrogen-bond donors (Lipinski definition) is 1. The zero-order chi connectivity index (χ0) is 18.8. The second kappa shape index (κ2) is 6.88. The van der Waals surface area contributed by atoms with E-state index in [0.717, 1.165) is 12.8 Å². The molecule has 2 aliphatic rings. The number of aromatic carboxylic acids is 1. The first-order valence-electron chi connectivity index (χ1n) is 8.80. The summed E-state index contributed by atoms with van der Waals surface area (Å²) in [6.07, 6.45) is 3.17. The van der Waals surface area contributed by atoms with Crippen LogP contribution in [0.1, 0.15) is 41.7 Å². The second-order valence-corrected chi connectivity index (χ2v) is 7.90. The third-order valence-corrected chi connectivity index (χ3v) is 5.59. The van der Waals surface area contributed by atoms with Gasteiger partial charge in [0, 0.05) is 42.7 Å². The molecule has 1 aromatic heterocycles. The SMILES string of the molecule is Cc1c(N2CC(C)(CN)C2)c(F)cc2c(=O)c(C(=O)[O-])cn(C3CC3)c12.[Na+].